The van der Waals surface area contributed by atoms with E-state index in [1.165, 1.54) is 6.07 Å². The Balaban J connectivity index is 1.24. The lowest BCUT2D eigenvalue weighted by Crippen LogP contribution is -2.08. The minimum atomic E-state index is -1.03. The van der Waals surface area contributed by atoms with Crippen molar-refractivity contribution in [3.05, 3.63) is 125 Å². The number of H-pyrrole nitrogens is 1. The summed E-state index contributed by atoms with van der Waals surface area (Å²) in [5.41, 5.74) is 6.26. The van der Waals surface area contributed by atoms with Gasteiger partial charge < -0.3 is 24.1 Å². The van der Waals surface area contributed by atoms with Gasteiger partial charge in [0.1, 0.15) is 28.6 Å². The number of carboxylic acid groups (broad SMARTS) is 1. The van der Waals surface area contributed by atoms with Crippen molar-refractivity contribution in [3.8, 4) is 34.3 Å². The van der Waals surface area contributed by atoms with Crippen LogP contribution in [0, 0.1) is 0 Å². The van der Waals surface area contributed by atoms with Crippen LogP contribution in [0.25, 0.3) is 11.3 Å². The van der Waals surface area contributed by atoms with Crippen LogP contribution in [-0.2, 0) is 30.8 Å². The summed E-state index contributed by atoms with van der Waals surface area (Å²) >= 11 is 0. The fourth-order valence-electron chi connectivity index (χ4n) is 5.25. The SMILES string of the molecule is CCCc1c(OCCCOc2cc(COCc3ccccc3)c(-c3ccn[nH]3)cc2CC)cccc1Oc1ccccc1C(=O)O. The highest BCUT2D eigenvalue weighted by Gasteiger charge is 2.16. The molecule has 5 rings (SSSR count). The van der Waals surface area contributed by atoms with Crippen LogP contribution in [0.5, 0.6) is 23.0 Å². The number of ether oxygens (including phenoxy) is 4. The largest absolute Gasteiger partial charge is 0.493 e. The average molecular weight is 621 g/mol. The van der Waals surface area contributed by atoms with E-state index in [4.69, 9.17) is 18.9 Å². The van der Waals surface area contributed by atoms with E-state index in [1.54, 1.807) is 24.4 Å². The Labute approximate surface area is 269 Å². The second kappa shape index (κ2) is 16.3. The molecule has 0 bridgehead atoms. The summed E-state index contributed by atoms with van der Waals surface area (Å²) in [6.07, 6.45) is 4.85. The first-order chi connectivity index (χ1) is 22.6. The lowest BCUT2D eigenvalue weighted by Gasteiger charge is -2.18. The number of carbonyl (C=O) groups is 1. The highest BCUT2D eigenvalue weighted by atomic mass is 16.5. The highest BCUT2D eigenvalue weighted by Crippen LogP contribution is 2.35. The maximum absolute atomic E-state index is 11.7. The van der Waals surface area contributed by atoms with Gasteiger partial charge in [-0.2, -0.15) is 5.10 Å². The summed E-state index contributed by atoms with van der Waals surface area (Å²) in [6, 6.07) is 28.6. The molecule has 0 aliphatic heterocycles. The predicted molar refractivity (Wildman–Crippen MR) is 178 cm³/mol. The molecule has 4 aromatic carbocycles. The molecule has 0 saturated heterocycles. The van der Waals surface area contributed by atoms with Crippen molar-refractivity contribution in [2.75, 3.05) is 13.2 Å². The molecule has 0 saturated carbocycles. The van der Waals surface area contributed by atoms with Crippen LogP contribution in [-0.4, -0.2) is 34.5 Å². The fraction of sp³-hybridized carbons (Fsp3) is 0.263. The number of aromatic amines is 1. The van der Waals surface area contributed by atoms with Gasteiger partial charge in [-0.25, -0.2) is 4.79 Å². The summed E-state index contributed by atoms with van der Waals surface area (Å²) < 4.78 is 24.8. The fourth-order valence-corrected chi connectivity index (χ4v) is 5.25. The zero-order chi connectivity index (χ0) is 32.1. The third kappa shape index (κ3) is 8.34. The molecular formula is C38H40N2O6. The first-order valence-corrected chi connectivity index (χ1v) is 15.7. The normalized spacial score (nSPS) is 10.9. The molecule has 0 fully saturated rings. The number of carboxylic acids is 1. The zero-order valence-electron chi connectivity index (χ0n) is 26.3. The van der Waals surface area contributed by atoms with Gasteiger partial charge in [0.15, 0.2) is 0 Å². The zero-order valence-corrected chi connectivity index (χ0v) is 26.3. The van der Waals surface area contributed by atoms with E-state index in [-0.39, 0.29) is 5.56 Å². The van der Waals surface area contributed by atoms with Crippen LogP contribution in [0.4, 0.5) is 0 Å². The van der Waals surface area contributed by atoms with Gasteiger partial charge in [0, 0.05) is 23.7 Å². The van der Waals surface area contributed by atoms with Gasteiger partial charge in [0.2, 0.25) is 0 Å². The average Bonchev–Trinajstić information content (AvgIpc) is 3.62. The van der Waals surface area contributed by atoms with Gasteiger partial charge in [-0.15, -0.1) is 0 Å². The van der Waals surface area contributed by atoms with Crippen molar-refractivity contribution in [2.24, 2.45) is 0 Å². The molecular weight excluding hydrogens is 580 g/mol. The Morgan fingerprint density at radius 3 is 2.26 bits per heavy atom. The second-order valence-electron chi connectivity index (χ2n) is 10.9. The third-order valence-corrected chi connectivity index (χ3v) is 7.56. The van der Waals surface area contributed by atoms with E-state index in [1.807, 2.05) is 42.5 Å². The second-order valence-corrected chi connectivity index (χ2v) is 10.9. The van der Waals surface area contributed by atoms with Crippen LogP contribution in [0.2, 0.25) is 0 Å². The predicted octanol–water partition coefficient (Wildman–Crippen LogP) is 8.65. The van der Waals surface area contributed by atoms with Crippen LogP contribution >= 0.6 is 0 Å². The Hall–Kier alpha value is -5.08. The lowest BCUT2D eigenvalue weighted by atomic mass is 9.99. The van der Waals surface area contributed by atoms with Gasteiger partial charge in [-0.1, -0.05) is 68.8 Å². The number of nitrogens with zero attached hydrogens (tertiary/aromatic N) is 1. The molecule has 8 nitrogen and oxygen atoms in total. The van der Waals surface area contributed by atoms with Crippen molar-refractivity contribution in [3.63, 3.8) is 0 Å². The number of aryl methyl sites for hydroxylation is 1. The number of para-hydroxylation sites is 1. The molecule has 2 N–H and O–H groups in total. The van der Waals surface area contributed by atoms with E-state index in [0.29, 0.717) is 44.3 Å². The molecule has 0 amide bonds. The van der Waals surface area contributed by atoms with Crippen molar-refractivity contribution in [2.45, 2.75) is 52.7 Å². The molecule has 1 heterocycles. The topological polar surface area (TPSA) is 103 Å². The van der Waals surface area contributed by atoms with E-state index >= 15 is 0 Å². The van der Waals surface area contributed by atoms with E-state index in [0.717, 1.165) is 64.3 Å². The molecule has 0 atom stereocenters. The molecule has 0 aliphatic rings. The molecule has 8 heteroatoms. The number of aromatic nitrogens is 2. The summed E-state index contributed by atoms with van der Waals surface area (Å²) in [6.45, 7) is 6.09. The number of hydrogen-bond donors (Lipinski definition) is 2. The number of nitrogens with one attached hydrogen (secondary N) is 1. The van der Waals surface area contributed by atoms with Crippen molar-refractivity contribution in [1.82, 2.24) is 10.2 Å². The van der Waals surface area contributed by atoms with E-state index in [2.05, 4.69) is 48.3 Å². The van der Waals surface area contributed by atoms with Crippen LogP contribution in [0.3, 0.4) is 0 Å². The first kappa shape index (κ1) is 32.3. The Morgan fingerprint density at radius 1 is 0.783 bits per heavy atom. The summed E-state index contributed by atoms with van der Waals surface area (Å²) in [4.78, 5) is 11.7. The Bertz CT molecular complexity index is 1700. The quantitative estimate of drug-likeness (QED) is 0.100. The summed E-state index contributed by atoms with van der Waals surface area (Å²) in [7, 11) is 0. The molecule has 0 spiro atoms. The molecule has 238 valence electrons. The Kier molecular flexibility index (Phi) is 11.4. The third-order valence-electron chi connectivity index (χ3n) is 7.56. The van der Waals surface area contributed by atoms with Crippen LogP contribution < -0.4 is 14.2 Å². The number of hydrogen-bond acceptors (Lipinski definition) is 6. The van der Waals surface area contributed by atoms with E-state index < -0.39 is 5.97 Å². The standard InChI is InChI=1S/C38H40N2O6/c1-3-12-30-34(17-10-18-35(30)46-36-16-9-8-15-31(36)38(41)42)44-21-11-22-45-37-24-29(26-43-25-27-13-6-5-7-14-27)32(23-28(37)4-2)33-19-20-39-40-33/h5-10,13-20,23-24H,3-4,11-12,21-22,25-26H2,1-2H3,(H,39,40)(H,41,42). The molecule has 0 aliphatic carbocycles. The van der Waals surface area contributed by atoms with Crippen LogP contribution in [0.1, 0.15) is 59.3 Å². The minimum absolute atomic E-state index is 0.114. The van der Waals surface area contributed by atoms with Gasteiger partial charge in [-0.05, 0) is 72.0 Å². The number of rotatable bonds is 17. The summed E-state index contributed by atoms with van der Waals surface area (Å²) in [5, 5.41) is 16.8. The van der Waals surface area contributed by atoms with Gasteiger partial charge in [0.25, 0.3) is 0 Å². The maximum atomic E-state index is 11.7. The first-order valence-electron chi connectivity index (χ1n) is 15.7. The Morgan fingerprint density at radius 2 is 1.52 bits per heavy atom. The lowest BCUT2D eigenvalue weighted by molar-refractivity contribution is 0.0694. The van der Waals surface area contributed by atoms with Crippen molar-refractivity contribution >= 4 is 5.97 Å². The van der Waals surface area contributed by atoms with Gasteiger partial charge in [0.05, 0.1) is 32.1 Å². The molecule has 46 heavy (non-hydrogen) atoms. The van der Waals surface area contributed by atoms with Gasteiger partial charge in [-0.3, -0.25) is 5.10 Å². The van der Waals surface area contributed by atoms with Crippen molar-refractivity contribution in [1.29, 1.82) is 0 Å². The van der Waals surface area contributed by atoms with Gasteiger partial charge >= 0.3 is 5.97 Å². The monoisotopic (exact) mass is 620 g/mol. The minimum Gasteiger partial charge on any atom is -0.493 e. The molecule has 5 aromatic rings. The molecule has 0 radical (unpaired) electrons. The molecule has 0 unspecified atom stereocenters. The van der Waals surface area contributed by atoms with Crippen LogP contribution in [0.15, 0.2) is 97.2 Å². The van der Waals surface area contributed by atoms with E-state index in [9.17, 15) is 9.90 Å². The highest BCUT2D eigenvalue weighted by molar-refractivity contribution is 5.91. The number of benzene rings is 4. The van der Waals surface area contributed by atoms with Crippen molar-refractivity contribution < 1.29 is 28.8 Å². The number of aromatic carboxylic acids is 1. The summed E-state index contributed by atoms with van der Waals surface area (Å²) in [5.74, 6) is 1.42. The smallest absolute Gasteiger partial charge is 0.339 e. The molecule has 1 aromatic heterocycles. The maximum Gasteiger partial charge on any atom is 0.339 e.